The average Bonchev–Trinajstić information content (AvgIpc) is 2.55. The van der Waals surface area contributed by atoms with E-state index in [-0.39, 0.29) is 6.54 Å². The SMILES string of the molecule is O=C(NC[C@H](O)Cc1ccccc1)C(=O)Nc1ccccc1Cl. The lowest BCUT2D eigenvalue weighted by Crippen LogP contribution is -2.40. The number of carbonyl (C=O) groups excluding carboxylic acids is 2. The molecule has 0 spiro atoms. The number of carbonyl (C=O) groups is 2. The van der Waals surface area contributed by atoms with Crippen molar-refractivity contribution in [3.05, 3.63) is 65.2 Å². The standard InChI is InChI=1S/C17H17ClN2O3/c18-14-8-4-5-9-15(14)20-17(23)16(22)19-11-13(21)10-12-6-2-1-3-7-12/h1-9,13,21H,10-11H2,(H,19,22)(H,20,23)/t13-/m1/s1. The second-order valence-corrected chi connectivity index (χ2v) is 5.39. The molecule has 1 atom stereocenters. The van der Waals surface area contributed by atoms with Gasteiger partial charge < -0.3 is 15.7 Å². The van der Waals surface area contributed by atoms with Crippen molar-refractivity contribution in [1.29, 1.82) is 0 Å². The van der Waals surface area contributed by atoms with Gasteiger partial charge in [-0.15, -0.1) is 0 Å². The molecule has 120 valence electrons. The molecule has 2 aromatic carbocycles. The Balaban J connectivity index is 1.80. The highest BCUT2D eigenvalue weighted by molar-refractivity contribution is 6.41. The molecule has 0 aliphatic heterocycles. The van der Waals surface area contributed by atoms with Crippen molar-refractivity contribution in [2.24, 2.45) is 0 Å². The third-order valence-corrected chi connectivity index (χ3v) is 3.47. The van der Waals surface area contributed by atoms with E-state index in [1.165, 1.54) is 0 Å². The first kappa shape index (κ1) is 17.0. The molecule has 0 aliphatic rings. The molecule has 0 fully saturated rings. The van der Waals surface area contributed by atoms with Crippen molar-refractivity contribution < 1.29 is 14.7 Å². The van der Waals surface area contributed by atoms with Gasteiger partial charge in [0.05, 0.1) is 16.8 Å². The maximum Gasteiger partial charge on any atom is 0.313 e. The highest BCUT2D eigenvalue weighted by Gasteiger charge is 2.16. The lowest BCUT2D eigenvalue weighted by atomic mass is 10.1. The van der Waals surface area contributed by atoms with Crippen LogP contribution in [0.15, 0.2) is 54.6 Å². The van der Waals surface area contributed by atoms with Gasteiger partial charge in [-0.1, -0.05) is 54.1 Å². The lowest BCUT2D eigenvalue weighted by Gasteiger charge is -2.12. The van der Waals surface area contributed by atoms with E-state index in [9.17, 15) is 14.7 Å². The fraction of sp³-hybridized carbons (Fsp3) is 0.176. The lowest BCUT2D eigenvalue weighted by molar-refractivity contribution is -0.136. The van der Waals surface area contributed by atoms with Crippen LogP contribution in [0.4, 0.5) is 5.69 Å². The normalized spacial score (nSPS) is 11.6. The van der Waals surface area contributed by atoms with Gasteiger partial charge in [-0.05, 0) is 17.7 Å². The Morgan fingerprint density at radius 1 is 1.00 bits per heavy atom. The van der Waals surface area contributed by atoms with Crippen LogP contribution in [0.2, 0.25) is 5.02 Å². The number of aliphatic hydroxyl groups is 1. The maximum absolute atomic E-state index is 11.8. The molecule has 0 heterocycles. The number of aliphatic hydroxyl groups excluding tert-OH is 1. The zero-order valence-electron chi connectivity index (χ0n) is 12.3. The van der Waals surface area contributed by atoms with Crippen LogP contribution in [-0.2, 0) is 16.0 Å². The summed E-state index contributed by atoms with van der Waals surface area (Å²) in [5.41, 5.74) is 1.31. The molecule has 23 heavy (non-hydrogen) atoms. The second kappa shape index (κ2) is 8.31. The predicted octanol–water partition coefficient (Wildman–Crippen LogP) is 2.00. The van der Waals surface area contributed by atoms with Gasteiger partial charge in [0.1, 0.15) is 0 Å². The monoisotopic (exact) mass is 332 g/mol. The summed E-state index contributed by atoms with van der Waals surface area (Å²) >= 11 is 5.90. The first-order valence-electron chi connectivity index (χ1n) is 7.12. The van der Waals surface area contributed by atoms with E-state index >= 15 is 0 Å². The molecule has 3 N–H and O–H groups in total. The van der Waals surface area contributed by atoms with Crippen molar-refractivity contribution in [2.75, 3.05) is 11.9 Å². The minimum atomic E-state index is -0.829. The maximum atomic E-state index is 11.8. The van der Waals surface area contributed by atoms with Crippen molar-refractivity contribution in [2.45, 2.75) is 12.5 Å². The molecule has 2 aromatic rings. The second-order valence-electron chi connectivity index (χ2n) is 4.99. The van der Waals surface area contributed by atoms with Crippen LogP contribution in [0, 0.1) is 0 Å². The molecule has 0 aromatic heterocycles. The molecule has 5 nitrogen and oxygen atoms in total. The Bertz CT molecular complexity index is 677. The molecule has 2 amide bonds. The van der Waals surface area contributed by atoms with Crippen LogP contribution < -0.4 is 10.6 Å². The minimum absolute atomic E-state index is 0.0102. The van der Waals surface area contributed by atoms with Crippen molar-refractivity contribution >= 4 is 29.1 Å². The Hall–Kier alpha value is -2.37. The largest absolute Gasteiger partial charge is 0.391 e. The number of para-hydroxylation sites is 1. The van der Waals surface area contributed by atoms with Crippen LogP contribution in [0.1, 0.15) is 5.56 Å². The highest BCUT2D eigenvalue weighted by Crippen LogP contribution is 2.20. The van der Waals surface area contributed by atoms with Gasteiger partial charge in [0.2, 0.25) is 0 Å². The molecule has 0 saturated carbocycles. The molecule has 0 aliphatic carbocycles. The zero-order chi connectivity index (χ0) is 16.7. The van der Waals surface area contributed by atoms with E-state index in [4.69, 9.17) is 11.6 Å². The summed E-state index contributed by atoms with van der Waals surface area (Å²) in [6.45, 7) is -0.0102. The number of amides is 2. The van der Waals surface area contributed by atoms with Crippen molar-refractivity contribution in [1.82, 2.24) is 5.32 Å². The quantitative estimate of drug-likeness (QED) is 0.733. The van der Waals surface area contributed by atoms with Crippen molar-refractivity contribution in [3.63, 3.8) is 0 Å². The van der Waals surface area contributed by atoms with Gasteiger partial charge in [0.15, 0.2) is 0 Å². The summed E-state index contributed by atoms with van der Waals surface area (Å²) in [5.74, 6) is -1.65. The summed E-state index contributed by atoms with van der Waals surface area (Å²) in [4.78, 5) is 23.5. The van der Waals surface area contributed by atoms with E-state index in [2.05, 4.69) is 10.6 Å². The van der Waals surface area contributed by atoms with Gasteiger partial charge in [-0.2, -0.15) is 0 Å². The number of benzene rings is 2. The van der Waals surface area contributed by atoms with Gasteiger partial charge >= 0.3 is 11.8 Å². The zero-order valence-corrected chi connectivity index (χ0v) is 13.1. The van der Waals surface area contributed by atoms with Crippen LogP contribution in [0.25, 0.3) is 0 Å². The Labute approximate surface area is 139 Å². The highest BCUT2D eigenvalue weighted by atomic mass is 35.5. The van der Waals surface area contributed by atoms with Gasteiger partial charge in [-0.25, -0.2) is 0 Å². The molecular formula is C17H17ClN2O3. The fourth-order valence-corrected chi connectivity index (χ4v) is 2.17. The summed E-state index contributed by atoms with van der Waals surface area (Å²) in [6.07, 6.45) is -0.373. The molecule has 6 heteroatoms. The van der Waals surface area contributed by atoms with Gasteiger partial charge in [0, 0.05) is 13.0 Å². The van der Waals surface area contributed by atoms with E-state index in [0.717, 1.165) is 5.56 Å². The molecule has 0 unspecified atom stereocenters. The summed E-state index contributed by atoms with van der Waals surface area (Å²) in [6, 6.07) is 16.0. The van der Waals surface area contributed by atoms with E-state index in [0.29, 0.717) is 17.1 Å². The first-order chi connectivity index (χ1) is 11.1. The van der Waals surface area contributed by atoms with Crippen LogP contribution in [0.3, 0.4) is 0 Å². The van der Waals surface area contributed by atoms with Gasteiger partial charge in [-0.3, -0.25) is 9.59 Å². The van der Waals surface area contributed by atoms with Crippen LogP contribution in [0.5, 0.6) is 0 Å². The van der Waals surface area contributed by atoms with E-state index in [1.54, 1.807) is 24.3 Å². The molecule has 0 bridgehead atoms. The molecule has 2 rings (SSSR count). The van der Waals surface area contributed by atoms with Gasteiger partial charge in [0.25, 0.3) is 0 Å². The van der Waals surface area contributed by atoms with Crippen LogP contribution in [-0.4, -0.2) is 29.6 Å². The minimum Gasteiger partial charge on any atom is -0.391 e. The Morgan fingerprint density at radius 2 is 1.65 bits per heavy atom. The number of hydrogen-bond acceptors (Lipinski definition) is 3. The number of anilines is 1. The topological polar surface area (TPSA) is 78.4 Å². The predicted molar refractivity (Wildman–Crippen MR) is 89.2 cm³/mol. The smallest absolute Gasteiger partial charge is 0.313 e. The van der Waals surface area contributed by atoms with Crippen LogP contribution >= 0.6 is 11.6 Å². The van der Waals surface area contributed by atoms with E-state index < -0.39 is 17.9 Å². The summed E-state index contributed by atoms with van der Waals surface area (Å²) < 4.78 is 0. The molecule has 0 saturated heterocycles. The van der Waals surface area contributed by atoms with E-state index in [1.807, 2.05) is 30.3 Å². The summed E-state index contributed by atoms with van der Waals surface area (Å²) in [5, 5.41) is 15.1. The number of nitrogens with one attached hydrogen (secondary N) is 2. The molecular weight excluding hydrogens is 316 g/mol. The Morgan fingerprint density at radius 3 is 2.35 bits per heavy atom. The third kappa shape index (κ3) is 5.39. The van der Waals surface area contributed by atoms with Crippen molar-refractivity contribution in [3.8, 4) is 0 Å². The third-order valence-electron chi connectivity index (χ3n) is 3.14. The number of halogens is 1. The average molecular weight is 333 g/mol. The first-order valence-corrected chi connectivity index (χ1v) is 7.50. The number of hydrogen-bond donors (Lipinski definition) is 3. The summed E-state index contributed by atoms with van der Waals surface area (Å²) in [7, 11) is 0. The fourth-order valence-electron chi connectivity index (χ4n) is 1.99. The Kier molecular flexibility index (Phi) is 6.14. The number of rotatable bonds is 5. The molecule has 0 radical (unpaired) electrons.